The Morgan fingerprint density at radius 1 is 1.29 bits per heavy atom. The van der Waals surface area contributed by atoms with Crippen LogP contribution < -0.4 is 10.9 Å². The molecule has 0 bridgehead atoms. The van der Waals surface area contributed by atoms with Crippen LogP contribution in [0.15, 0.2) is 39.5 Å². The van der Waals surface area contributed by atoms with E-state index in [0.717, 1.165) is 11.8 Å². The van der Waals surface area contributed by atoms with E-state index < -0.39 is 5.63 Å². The van der Waals surface area contributed by atoms with Gasteiger partial charge in [-0.05, 0) is 36.6 Å². The van der Waals surface area contributed by atoms with Crippen LogP contribution in [0, 0.1) is 17.2 Å². The van der Waals surface area contributed by atoms with Gasteiger partial charge in [0, 0.05) is 30.2 Å². The number of carbonyl (C=O) groups excluding carboxylic acids is 1. The highest BCUT2D eigenvalue weighted by Crippen LogP contribution is 2.18. The minimum absolute atomic E-state index is 0.234. The van der Waals surface area contributed by atoms with Crippen molar-refractivity contribution in [1.82, 2.24) is 4.90 Å². The minimum atomic E-state index is -0.407. The third-order valence-corrected chi connectivity index (χ3v) is 3.63. The molecule has 2 amide bonds. The number of nitrogens with one attached hydrogen (secondary N) is 1. The lowest BCUT2D eigenvalue weighted by Gasteiger charge is -2.23. The van der Waals surface area contributed by atoms with Crippen molar-refractivity contribution in [2.75, 3.05) is 18.4 Å². The molecule has 6 nitrogen and oxygen atoms in total. The van der Waals surface area contributed by atoms with E-state index in [9.17, 15) is 9.59 Å². The molecule has 2 aromatic rings. The second kappa shape index (κ2) is 8.16. The Morgan fingerprint density at radius 3 is 2.79 bits per heavy atom. The van der Waals surface area contributed by atoms with Gasteiger partial charge in [0.25, 0.3) is 0 Å². The van der Waals surface area contributed by atoms with E-state index in [4.69, 9.17) is 9.68 Å². The second-order valence-corrected chi connectivity index (χ2v) is 6.01. The summed E-state index contributed by atoms with van der Waals surface area (Å²) in [6.45, 7) is 5.19. The fourth-order valence-corrected chi connectivity index (χ4v) is 2.27. The number of nitriles is 1. The van der Waals surface area contributed by atoms with Crippen LogP contribution in [-0.4, -0.2) is 24.0 Å². The largest absolute Gasteiger partial charge is 0.423 e. The van der Waals surface area contributed by atoms with Gasteiger partial charge in [-0.1, -0.05) is 13.8 Å². The Kier molecular flexibility index (Phi) is 5.96. The number of urea groups is 1. The van der Waals surface area contributed by atoms with Gasteiger partial charge >= 0.3 is 11.7 Å². The first-order valence-electron chi connectivity index (χ1n) is 7.96. The molecular formula is C18H21N3O3. The van der Waals surface area contributed by atoms with Crippen molar-refractivity contribution in [2.45, 2.75) is 26.7 Å². The number of hydrogen-bond acceptors (Lipinski definition) is 4. The van der Waals surface area contributed by atoms with Crippen molar-refractivity contribution in [2.24, 2.45) is 5.92 Å². The smallest absolute Gasteiger partial charge is 0.336 e. The highest BCUT2D eigenvalue weighted by molar-refractivity contribution is 5.92. The van der Waals surface area contributed by atoms with Crippen LogP contribution in [0.3, 0.4) is 0 Å². The molecule has 0 radical (unpaired) electrons. The number of rotatable bonds is 6. The summed E-state index contributed by atoms with van der Waals surface area (Å²) in [5, 5.41) is 12.3. The van der Waals surface area contributed by atoms with E-state index in [0.29, 0.717) is 36.7 Å². The number of nitrogens with zero attached hydrogens (tertiary/aromatic N) is 2. The van der Waals surface area contributed by atoms with E-state index in [2.05, 4.69) is 25.2 Å². The Bertz CT molecular complexity index is 805. The zero-order valence-electron chi connectivity index (χ0n) is 13.9. The topological polar surface area (TPSA) is 86.3 Å². The fourth-order valence-electron chi connectivity index (χ4n) is 2.27. The summed E-state index contributed by atoms with van der Waals surface area (Å²) in [4.78, 5) is 25.3. The first-order valence-corrected chi connectivity index (χ1v) is 7.96. The Balaban J connectivity index is 2.11. The lowest BCUT2D eigenvalue weighted by molar-refractivity contribution is 0.209. The first kappa shape index (κ1) is 17.5. The average Bonchev–Trinajstić information content (AvgIpc) is 2.54. The van der Waals surface area contributed by atoms with Crippen molar-refractivity contribution in [3.63, 3.8) is 0 Å². The third-order valence-electron chi connectivity index (χ3n) is 3.63. The number of amides is 2. The molecule has 1 heterocycles. The zero-order chi connectivity index (χ0) is 17.5. The maximum atomic E-state index is 12.5. The molecule has 0 aliphatic rings. The highest BCUT2D eigenvalue weighted by atomic mass is 16.4. The molecule has 0 aliphatic carbocycles. The molecule has 0 saturated heterocycles. The summed E-state index contributed by atoms with van der Waals surface area (Å²) in [7, 11) is 0. The quantitative estimate of drug-likeness (QED) is 0.821. The lowest BCUT2D eigenvalue weighted by atomic mass is 10.1. The number of benzene rings is 1. The van der Waals surface area contributed by atoms with Crippen LogP contribution in [0.1, 0.15) is 26.7 Å². The summed E-state index contributed by atoms with van der Waals surface area (Å²) >= 11 is 0. The van der Waals surface area contributed by atoms with E-state index in [1.807, 2.05) is 0 Å². The Labute approximate surface area is 140 Å². The van der Waals surface area contributed by atoms with Gasteiger partial charge in [-0.15, -0.1) is 0 Å². The van der Waals surface area contributed by atoms with Gasteiger partial charge in [-0.3, -0.25) is 0 Å². The minimum Gasteiger partial charge on any atom is -0.423 e. The average molecular weight is 327 g/mol. The molecule has 6 heteroatoms. The number of fused-ring (bicyclic) bond motifs is 1. The van der Waals surface area contributed by atoms with Crippen LogP contribution in [-0.2, 0) is 0 Å². The van der Waals surface area contributed by atoms with Crippen LogP contribution in [0.25, 0.3) is 11.0 Å². The summed E-state index contributed by atoms with van der Waals surface area (Å²) < 4.78 is 5.07. The van der Waals surface area contributed by atoms with Crippen LogP contribution in [0.4, 0.5) is 10.5 Å². The third kappa shape index (κ3) is 4.85. The molecule has 1 N–H and O–H groups in total. The van der Waals surface area contributed by atoms with Crippen LogP contribution >= 0.6 is 0 Å². The van der Waals surface area contributed by atoms with Crippen molar-refractivity contribution in [1.29, 1.82) is 5.26 Å². The summed E-state index contributed by atoms with van der Waals surface area (Å²) in [6.07, 6.45) is 1.18. The van der Waals surface area contributed by atoms with Gasteiger partial charge in [0.05, 0.1) is 12.5 Å². The molecule has 0 atom stereocenters. The maximum Gasteiger partial charge on any atom is 0.336 e. The van der Waals surface area contributed by atoms with Crippen molar-refractivity contribution in [3.05, 3.63) is 40.8 Å². The predicted octanol–water partition coefficient (Wildman–Crippen LogP) is 3.59. The van der Waals surface area contributed by atoms with Gasteiger partial charge in [0.2, 0.25) is 0 Å². The normalized spacial score (nSPS) is 10.6. The number of hydrogen-bond donors (Lipinski definition) is 1. The summed E-state index contributed by atoms with van der Waals surface area (Å²) in [6, 6.07) is 9.93. The molecule has 1 aromatic carbocycles. The standard InChI is InChI=1S/C18H21N3O3/c1-13(2)8-11-21(10-3-9-19)18(23)20-15-5-6-16-14(12-15)4-7-17(22)24-16/h4-7,12-13H,3,8,10-11H2,1-2H3,(H,20,23). The maximum absolute atomic E-state index is 12.5. The van der Waals surface area contributed by atoms with Gasteiger partial charge in [-0.25, -0.2) is 9.59 Å². The number of anilines is 1. The van der Waals surface area contributed by atoms with Crippen molar-refractivity contribution < 1.29 is 9.21 Å². The van der Waals surface area contributed by atoms with E-state index in [1.54, 1.807) is 29.2 Å². The molecule has 0 spiro atoms. The summed E-state index contributed by atoms with van der Waals surface area (Å²) in [5.41, 5.74) is 0.685. The summed E-state index contributed by atoms with van der Waals surface area (Å²) in [5.74, 6) is 0.478. The molecule has 126 valence electrons. The molecule has 0 saturated carbocycles. The van der Waals surface area contributed by atoms with E-state index in [-0.39, 0.29) is 6.03 Å². The van der Waals surface area contributed by atoms with Crippen LogP contribution in [0.5, 0.6) is 0 Å². The first-order chi connectivity index (χ1) is 11.5. The fraction of sp³-hybridized carbons (Fsp3) is 0.389. The number of carbonyl (C=O) groups is 1. The Morgan fingerprint density at radius 2 is 2.08 bits per heavy atom. The Hall–Kier alpha value is -2.81. The molecule has 2 rings (SSSR count). The SMILES string of the molecule is CC(C)CCN(CCC#N)C(=O)Nc1ccc2oc(=O)ccc2c1. The van der Waals surface area contributed by atoms with Gasteiger partial charge in [0.15, 0.2) is 0 Å². The zero-order valence-corrected chi connectivity index (χ0v) is 13.9. The van der Waals surface area contributed by atoms with Crippen molar-refractivity contribution in [3.8, 4) is 6.07 Å². The predicted molar refractivity (Wildman–Crippen MR) is 92.8 cm³/mol. The van der Waals surface area contributed by atoms with E-state index >= 15 is 0 Å². The monoisotopic (exact) mass is 327 g/mol. The van der Waals surface area contributed by atoms with E-state index in [1.165, 1.54) is 6.07 Å². The lowest BCUT2D eigenvalue weighted by Crippen LogP contribution is -2.36. The molecular weight excluding hydrogens is 306 g/mol. The molecule has 24 heavy (non-hydrogen) atoms. The van der Waals surface area contributed by atoms with Gasteiger partial charge in [0.1, 0.15) is 5.58 Å². The molecule has 0 unspecified atom stereocenters. The molecule has 1 aromatic heterocycles. The van der Waals surface area contributed by atoms with Gasteiger partial charge < -0.3 is 14.6 Å². The van der Waals surface area contributed by atoms with Crippen molar-refractivity contribution >= 4 is 22.7 Å². The second-order valence-electron chi connectivity index (χ2n) is 6.01. The molecule has 0 aliphatic heterocycles. The highest BCUT2D eigenvalue weighted by Gasteiger charge is 2.14. The molecule has 0 fully saturated rings. The van der Waals surface area contributed by atoms with Gasteiger partial charge in [-0.2, -0.15) is 5.26 Å². The van der Waals surface area contributed by atoms with Crippen LogP contribution in [0.2, 0.25) is 0 Å².